The summed E-state index contributed by atoms with van der Waals surface area (Å²) in [6.45, 7) is 10.9. The van der Waals surface area contributed by atoms with Crippen LogP contribution in [0.5, 0.6) is 0 Å². The van der Waals surface area contributed by atoms with Gasteiger partial charge in [-0.05, 0) is 38.0 Å². The van der Waals surface area contributed by atoms with Gasteiger partial charge in [-0.15, -0.1) is 0 Å². The minimum absolute atomic E-state index is 0.144. The second-order valence-corrected chi connectivity index (χ2v) is 6.87. The van der Waals surface area contributed by atoms with Gasteiger partial charge in [-0.1, -0.05) is 26.7 Å². The highest BCUT2D eigenvalue weighted by atomic mass is 16.5. The summed E-state index contributed by atoms with van der Waals surface area (Å²) < 4.78 is 5.50. The molecule has 2 aliphatic rings. The topological polar surface area (TPSA) is 38.5 Å². The number of hydrogen-bond donors (Lipinski definition) is 1. The minimum atomic E-state index is 0.144. The molecule has 2 N–H and O–H groups in total. The van der Waals surface area contributed by atoms with Crippen molar-refractivity contribution in [2.24, 2.45) is 17.6 Å². The highest BCUT2D eigenvalue weighted by Gasteiger charge is 2.41. The van der Waals surface area contributed by atoms with E-state index >= 15 is 0 Å². The van der Waals surface area contributed by atoms with Crippen molar-refractivity contribution in [2.75, 3.05) is 26.3 Å². The lowest BCUT2D eigenvalue weighted by Gasteiger charge is -2.50. The maximum atomic E-state index is 6.75. The molecule has 1 aliphatic heterocycles. The molecule has 19 heavy (non-hydrogen) atoms. The SMILES string of the molecule is CCC(C)(C(N)C1CCCC(C)C1)N1CCOCC1. The third-order valence-corrected chi connectivity index (χ3v) is 5.65. The van der Waals surface area contributed by atoms with E-state index in [0.717, 1.165) is 38.6 Å². The lowest BCUT2D eigenvalue weighted by atomic mass is 9.71. The molecule has 0 bridgehead atoms. The molecule has 1 saturated carbocycles. The average Bonchev–Trinajstić information content (AvgIpc) is 2.46. The molecule has 112 valence electrons. The average molecular weight is 268 g/mol. The molecule has 0 aromatic rings. The van der Waals surface area contributed by atoms with Gasteiger partial charge in [0.25, 0.3) is 0 Å². The Labute approximate surface area is 118 Å². The first-order chi connectivity index (χ1) is 9.08. The first kappa shape index (κ1) is 15.3. The van der Waals surface area contributed by atoms with Crippen molar-refractivity contribution in [2.45, 2.75) is 64.5 Å². The Balaban J connectivity index is 2.05. The van der Waals surface area contributed by atoms with Gasteiger partial charge in [0, 0.05) is 24.7 Å². The number of nitrogens with zero attached hydrogens (tertiary/aromatic N) is 1. The Hall–Kier alpha value is -0.120. The fraction of sp³-hybridized carbons (Fsp3) is 1.00. The molecule has 0 aromatic carbocycles. The highest BCUT2D eigenvalue weighted by Crippen LogP contribution is 2.36. The molecule has 2 fully saturated rings. The summed E-state index contributed by atoms with van der Waals surface area (Å²) in [5.41, 5.74) is 6.89. The molecule has 4 atom stereocenters. The summed E-state index contributed by atoms with van der Waals surface area (Å²) in [6, 6.07) is 0.304. The molecular weight excluding hydrogens is 236 g/mol. The first-order valence-corrected chi connectivity index (χ1v) is 8.16. The van der Waals surface area contributed by atoms with Gasteiger partial charge < -0.3 is 10.5 Å². The Morgan fingerprint density at radius 2 is 2.00 bits per heavy atom. The third kappa shape index (κ3) is 3.32. The fourth-order valence-corrected chi connectivity index (χ4v) is 4.06. The number of nitrogens with two attached hydrogens (primary N) is 1. The molecule has 1 heterocycles. The predicted octanol–water partition coefficient (Wildman–Crippen LogP) is 2.64. The molecule has 4 unspecified atom stereocenters. The van der Waals surface area contributed by atoms with E-state index in [-0.39, 0.29) is 5.54 Å². The van der Waals surface area contributed by atoms with E-state index in [4.69, 9.17) is 10.5 Å². The van der Waals surface area contributed by atoms with Gasteiger partial charge in [0.05, 0.1) is 13.2 Å². The summed E-state index contributed by atoms with van der Waals surface area (Å²) in [7, 11) is 0. The zero-order valence-electron chi connectivity index (χ0n) is 13.0. The van der Waals surface area contributed by atoms with Crippen LogP contribution in [0.1, 0.15) is 52.9 Å². The van der Waals surface area contributed by atoms with Crippen molar-refractivity contribution in [1.82, 2.24) is 4.90 Å². The van der Waals surface area contributed by atoms with Crippen LogP contribution in [0, 0.1) is 11.8 Å². The molecule has 0 amide bonds. The zero-order valence-corrected chi connectivity index (χ0v) is 13.0. The van der Waals surface area contributed by atoms with Crippen molar-refractivity contribution in [3.05, 3.63) is 0 Å². The van der Waals surface area contributed by atoms with Crippen LogP contribution in [0.4, 0.5) is 0 Å². The number of ether oxygens (including phenoxy) is 1. The Morgan fingerprint density at radius 1 is 1.32 bits per heavy atom. The molecule has 0 spiro atoms. The highest BCUT2D eigenvalue weighted by molar-refractivity contribution is 4.99. The van der Waals surface area contributed by atoms with Gasteiger partial charge in [-0.3, -0.25) is 4.90 Å². The van der Waals surface area contributed by atoms with Gasteiger partial charge >= 0.3 is 0 Å². The quantitative estimate of drug-likeness (QED) is 0.852. The second kappa shape index (κ2) is 6.55. The van der Waals surface area contributed by atoms with Crippen LogP contribution in [0.3, 0.4) is 0 Å². The Morgan fingerprint density at radius 3 is 2.58 bits per heavy atom. The van der Waals surface area contributed by atoms with Gasteiger partial charge in [0.15, 0.2) is 0 Å². The van der Waals surface area contributed by atoms with Crippen molar-refractivity contribution in [3.63, 3.8) is 0 Å². The molecule has 0 aromatic heterocycles. The molecule has 1 aliphatic carbocycles. The molecule has 3 nitrogen and oxygen atoms in total. The number of hydrogen-bond acceptors (Lipinski definition) is 3. The van der Waals surface area contributed by atoms with Crippen LogP contribution in [-0.4, -0.2) is 42.8 Å². The molecule has 1 saturated heterocycles. The van der Waals surface area contributed by atoms with Gasteiger partial charge in [0.1, 0.15) is 0 Å². The second-order valence-electron chi connectivity index (χ2n) is 6.87. The number of rotatable bonds is 4. The van der Waals surface area contributed by atoms with E-state index in [1.54, 1.807) is 0 Å². The maximum Gasteiger partial charge on any atom is 0.0594 e. The Kier molecular flexibility index (Phi) is 5.27. The summed E-state index contributed by atoms with van der Waals surface area (Å²) in [5, 5.41) is 0. The van der Waals surface area contributed by atoms with Crippen LogP contribution in [0.2, 0.25) is 0 Å². The van der Waals surface area contributed by atoms with Crippen molar-refractivity contribution >= 4 is 0 Å². The van der Waals surface area contributed by atoms with E-state index in [1.807, 2.05) is 0 Å². The summed E-state index contributed by atoms with van der Waals surface area (Å²) in [4.78, 5) is 2.58. The summed E-state index contributed by atoms with van der Waals surface area (Å²) >= 11 is 0. The first-order valence-electron chi connectivity index (χ1n) is 8.16. The zero-order chi connectivity index (χ0) is 13.9. The van der Waals surface area contributed by atoms with E-state index in [2.05, 4.69) is 25.7 Å². The monoisotopic (exact) mass is 268 g/mol. The molecule has 0 radical (unpaired) electrons. The van der Waals surface area contributed by atoms with E-state index in [1.165, 1.54) is 25.7 Å². The van der Waals surface area contributed by atoms with Crippen LogP contribution in [-0.2, 0) is 4.74 Å². The van der Waals surface area contributed by atoms with Crippen molar-refractivity contribution < 1.29 is 4.74 Å². The lowest BCUT2D eigenvalue weighted by Crippen LogP contribution is -2.63. The van der Waals surface area contributed by atoms with Crippen LogP contribution in [0.15, 0.2) is 0 Å². The van der Waals surface area contributed by atoms with Gasteiger partial charge in [-0.25, -0.2) is 0 Å². The molecule has 3 heteroatoms. The van der Waals surface area contributed by atoms with Crippen molar-refractivity contribution in [3.8, 4) is 0 Å². The van der Waals surface area contributed by atoms with E-state index in [0.29, 0.717) is 12.0 Å². The van der Waals surface area contributed by atoms with E-state index in [9.17, 15) is 0 Å². The van der Waals surface area contributed by atoms with Crippen LogP contribution >= 0.6 is 0 Å². The molecule has 2 rings (SSSR count). The predicted molar refractivity (Wildman–Crippen MR) is 80.2 cm³/mol. The Bertz CT molecular complexity index is 278. The summed E-state index contributed by atoms with van der Waals surface area (Å²) in [6.07, 6.45) is 6.54. The van der Waals surface area contributed by atoms with Gasteiger partial charge in [-0.2, -0.15) is 0 Å². The largest absolute Gasteiger partial charge is 0.379 e. The minimum Gasteiger partial charge on any atom is -0.379 e. The number of morpholine rings is 1. The van der Waals surface area contributed by atoms with E-state index < -0.39 is 0 Å². The third-order valence-electron chi connectivity index (χ3n) is 5.65. The van der Waals surface area contributed by atoms with Crippen LogP contribution < -0.4 is 5.73 Å². The van der Waals surface area contributed by atoms with Gasteiger partial charge in [0.2, 0.25) is 0 Å². The summed E-state index contributed by atoms with van der Waals surface area (Å²) in [5.74, 6) is 1.56. The smallest absolute Gasteiger partial charge is 0.0594 e. The normalized spacial score (nSPS) is 34.7. The molecular formula is C16H32N2O. The van der Waals surface area contributed by atoms with Crippen molar-refractivity contribution in [1.29, 1.82) is 0 Å². The fourth-order valence-electron chi connectivity index (χ4n) is 4.06. The lowest BCUT2D eigenvalue weighted by molar-refractivity contribution is -0.0383. The maximum absolute atomic E-state index is 6.75. The van der Waals surface area contributed by atoms with Crippen LogP contribution in [0.25, 0.3) is 0 Å². The standard InChI is InChI=1S/C16H32N2O/c1-4-16(3,18-8-10-19-11-9-18)15(17)14-7-5-6-13(2)12-14/h13-15H,4-12,17H2,1-3H3.